The average molecular weight is 376 g/mol. The van der Waals surface area contributed by atoms with Crippen molar-refractivity contribution in [1.82, 2.24) is 15.1 Å². The van der Waals surface area contributed by atoms with E-state index < -0.39 is 11.9 Å². The van der Waals surface area contributed by atoms with E-state index in [2.05, 4.69) is 10.4 Å². The summed E-state index contributed by atoms with van der Waals surface area (Å²) in [5.74, 6) is 0.0205. The van der Waals surface area contributed by atoms with Crippen molar-refractivity contribution in [3.8, 4) is 5.75 Å². The number of ether oxygens (including phenoxy) is 1. The van der Waals surface area contributed by atoms with Crippen LogP contribution in [0.25, 0.3) is 0 Å². The Morgan fingerprint density at radius 1 is 1.36 bits per heavy atom. The van der Waals surface area contributed by atoms with Crippen LogP contribution in [0.5, 0.6) is 5.75 Å². The van der Waals surface area contributed by atoms with E-state index in [1.54, 1.807) is 19.1 Å². The largest absolute Gasteiger partial charge is 0.496 e. The summed E-state index contributed by atoms with van der Waals surface area (Å²) < 4.78 is 44.2. The van der Waals surface area contributed by atoms with Gasteiger partial charge < -0.3 is 10.1 Å². The van der Waals surface area contributed by atoms with Crippen LogP contribution in [0.4, 0.5) is 13.2 Å². The Labute approximate surface area is 147 Å². The van der Waals surface area contributed by atoms with Gasteiger partial charge in [0, 0.05) is 23.8 Å². The summed E-state index contributed by atoms with van der Waals surface area (Å²) >= 11 is 5.88. The number of hydrogen-bond donors (Lipinski definition) is 1. The smallest absolute Gasteiger partial charge is 0.435 e. The number of halogens is 4. The fourth-order valence-corrected chi connectivity index (χ4v) is 2.43. The third-order valence-corrected chi connectivity index (χ3v) is 3.75. The van der Waals surface area contributed by atoms with Gasteiger partial charge >= 0.3 is 6.18 Å². The summed E-state index contributed by atoms with van der Waals surface area (Å²) in [6, 6.07) is 5.68. The molecule has 1 amide bonds. The molecular formula is C16H17ClF3N3O2. The standard InChI is InChI=1S/C16H17ClF3N3O2/c1-10-8-14(16(18,19)20)22-23(10)7-3-6-21-15(24)12-9-11(17)4-5-13(12)25-2/h4-5,8-9H,3,6-7H2,1-2H3,(H,21,24). The summed E-state index contributed by atoms with van der Waals surface area (Å²) in [6.45, 7) is 2.08. The quantitative estimate of drug-likeness (QED) is 0.783. The number of alkyl halides is 3. The number of carbonyl (C=O) groups is 1. The lowest BCUT2D eigenvalue weighted by atomic mass is 10.2. The molecule has 136 valence electrons. The predicted molar refractivity (Wildman–Crippen MR) is 86.9 cm³/mol. The number of aryl methyl sites for hydroxylation is 2. The number of nitrogens with one attached hydrogen (secondary N) is 1. The summed E-state index contributed by atoms with van der Waals surface area (Å²) in [7, 11) is 1.44. The van der Waals surface area contributed by atoms with Gasteiger partial charge in [-0.05, 0) is 37.6 Å². The molecule has 5 nitrogen and oxygen atoms in total. The molecule has 2 rings (SSSR count). The Morgan fingerprint density at radius 3 is 2.68 bits per heavy atom. The minimum Gasteiger partial charge on any atom is -0.496 e. The van der Waals surface area contributed by atoms with Crippen LogP contribution in [-0.4, -0.2) is 29.3 Å². The van der Waals surface area contributed by atoms with E-state index in [4.69, 9.17) is 16.3 Å². The molecule has 0 fully saturated rings. The van der Waals surface area contributed by atoms with E-state index in [-0.39, 0.29) is 19.0 Å². The lowest BCUT2D eigenvalue weighted by Gasteiger charge is -2.10. The van der Waals surface area contributed by atoms with Crippen molar-refractivity contribution in [2.75, 3.05) is 13.7 Å². The maximum absolute atomic E-state index is 12.6. The predicted octanol–water partition coefficient (Wildman–Crippen LogP) is 3.69. The van der Waals surface area contributed by atoms with E-state index in [9.17, 15) is 18.0 Å². The van der Waals surface area contributed by atoms with Crippen LogP contribution in [0.1, 0.15) is 28.2 Å². The number of benzene rings is 1. The normalized spacial score (nSPS) is 11.4. The molecule has 0 aliphatic carbocycles. The van der Waals surface area contributed by atoms with E-state index in [1.807, 2.05) is 0 Å². The Balaban J connectivity index is 1.91. The molecule has 0 radical (unpaired) electrons. The van der Waals surface area contributed by atoms with Gasteiger partial charge in [0.1, 0.15) is 5.75 Å². The van der Waals surface area contributed by atoms with Gasteiger partial charge in [-0.25, -0.2) is 0 Å². The van der Waals surface area contributed by atoms with Crippen LogP contribution in [0.2, 0.25) is 5.02 Å². The number of nitrogens with zero attached hydrogens (tertiary/aromatic N) is 2. The van der Waals surface area contributed by atoms with Crippen LogP contribution in [0, 0.1) is 6.92 Å². The van der Waals surface area contributed by atoms with E-state index in [0.717, 1.165) is 6.07 Å². The Bertz CT molecular complexity index is 760. The zero-order valence-corrected chi connectivity index (χ0v) is 14.4. The lowest BCUT2D eigenvalue weighted by Crippen LogP contribution is -2.26. The zero-order valence-electron chi connectivity index (χ0n) is 13.7. The Hall–Kier alpha value is -2.22. The van der Waals surface area contributed by atoms with Crippen molar-refractivity contribution < 1.29 is 22.7 Å². The van der Waals surface area contributed by atoms with Gasteiger partial charge in [-0.1, -0.05) is 11.6 Å². The molecule has 0 saturated heterocycles. The average Bonchev–Trinajstić information content (AvgIpc) is 2.92. The molecular weight excluding hydrogens is 359 g/mol. The number of rotatable bonds is 6. The second-order valence-electron chi connectivity index (χ2n) is 5.35. The molecule has 1 aromatic carbocycles. The molecule has 0 saturated carbocycles. The van der Waals surface area contributed by atoms with E-state index in [0.29, 0.717) is 28.5 Å². The summed E-state index contributed by atoms with van der Waals surface area (Å²) in [5, 5.41) is 6.62. The molecule has 0 atom stereocenters. The SMILES string of the molecule is COc1ccc(Cl)cc1C(=O)NCCCn1nc(C(F)(F)F)cc1C. The van der Waals surface area contributed by atoms with E-state index >= 15 is 0 Å². The van der Waals surface area contributed by atoms with Gasteiger partial charge in [-0.2, -0.15) is 18.3 Å². The van der Waals surface area contributed by atoms with Crippen LogP contribution >= 0.6 is 11.6 Å². The Morgan fingerprint density at radius 2 is 2.08 bits per heavy atom. The van der Waals surface area contributed by atoms with Crippen molar-refractivity contribution >= 4 is 17.5 Å². The van der Waals surface area contributed by atoms with Crippen LogP contribution in [0.3, 0.4) is 0 Å². The molecule has 0 spiro atoms. The molecule has 0 aliphatic heterocycles. The molecule has 1 aromatic heterocycles. The highest BCUT2D eigenvalue weighted by Gasteiger charge is 2.34. The summed E-state index contributed by atoms with van der Waals surface area (Å²) in [4.78, 5) is 12.2. The van der Waals surface area contributed by atoms with E-state index in [1.165, 1.54) is 17.9 Å². The number of aromatic nitrogens is 2. The number of carbonyl (C=O) groups excluding carboxylic acids is 1. The van der Waals surface area contributed by atoms with Gasteiger partial charge in [0.2, 0.25) is 0 Å². The topological polar surface area (TPSA) is 56.1 Å². The first-order valence-electron chi connectivity index (χ1n) is 7.45. The van der Waals surface area contributed by atoms with Gasteiger partial charge in [-0.3, -0.25) is 9.48 Å². The van der Waals surface area contributed by atoms with Crippen LogP contribution < -0.4 is 10.1 Å². The zero-order chi connectivity index (χ0) is 18.6. The van der Waals surface area contributed by atoms with Crippen LogP contribution in [-0.2, 0) is 12.7 Å². The minimum atomic E-state index is -4.46. The van der Waals surface area contributed by atoms with Crippen molar-refractivity contribution in [3.63, 3.8) is 0 Å². The van der Waals surface area contributed by atoms with Gasteiger partial charge in [0.25, 0.3) is 5.91 Å². The molecule has 1 heterocycles. The fourth-order valence-electron chi connectivity index (χ4n) is 2.26. The highest BCUT2D eigenvalue weighted by atomic mass is 35.5. The van der Waals surface area contributed by atoms with Crippen molar-refractivity contribution in [3.05, 3.63) is 46.2 Å². The molecule has 1 N–H and O–H groups in total. The number of amides is 1. The molecule has 0 unspecified atom stereocenters. The maximum atomic E-state index is 12.6. The second-order valence-corrected chi connectivity index (χ2v) is 5.78. The first-order valence-corrected chi connectivity index (χ1v) is 7.83. The highest BCUT2D eigenvalue weighted by molar-refractivity contribution is 6.31. The second kappa shape index (κ2) is 7.77. The van der Waals surface area contributed by atoms with Gasteiger partial charge in [-0.15, -0.1) is 0 Å². The molecule has 9 heteroatoms. The molecule has 2 aromatic rings. The third kappa shape index (κ3) is 4.88. The summed E-state index contributed by atoms with van der Waals surface area (Å²) in [6.07, 6.45) is -4.04. The minimum absolute atomic E-state index is 0.259. The lowest BCUT2D eigenvalue weighted by molar-refractivity contribution is -0.141. The maximum Gasteiger partial charge on any atom is 0.435 e. The third-order valence-electron chi connectivity index (χ3n) is 3.51. The first-order chi connectivity index (χ1) is 11.7. The van der Waals surface area contributed by atoms with Crippen LogP contribution in [0.15, 0.2) is 24.3 Å². The first kappa shape index (κ1) is 19.1. The van der Waals surface area contributed by atoms with Crippen molar-refractivity contribution in [1.29, 1.82) is 0 Å². The molecule has 25 heavy (non-hydrogen) atoms. The number of methoxy groups -OCH3 is 1. The van der Waals surface area contributed by atoms with Gasteiger partial charge in [0.05, 0.1) is 12.7 Å². The Kier molecular flexibility index (Phi) is 5.94. The van der Waals surface area contributed by atoms with Crippen molar-refractivity contribution in [2.45, 2.75) is 26.1 Å². The van der Waals surface area contributed by atoms with Crippen molar-refractivity contribution in [2.24, 2.45) is 0 Å². The van der Waals surface area contributed by atoms with Gasteiger partial charge in [0.15, 0.2) is 5.69 Å². The molecule has 0 bridgehead atoms. The summed E-state index contributed by atoms with van der Waals surface area (Å²) in [5.41, 5.74) is -0.211. The highest BCUT2D eigenvalue weighted by Crippen LogP contribution is 2.28. The fraction of sp³-hybridized carbons (Fsp3) is 0.375. The number of hydrogen-bond acceptors (Lipinski definition) is 3. The molecule has 0 aliphatic rings. The monoisotopic (exact) mass is 375 g/mol.